The maximum Gasteiger partial charge on any atom is 0.239 e. The number of nitrogens with two attached hydrogens (primary N) is 1. The molecular formula is C14H22N2OS. The highest BCUT2D eigenvalue weighted by Gasteiger charge is 2.20. The van der Waals surface area contributed by atoms with E-state index < -0.39 is 5.54 Å². The highest BCUT2D eigenvalue weighted by molar-refractivity contribution is 7.98. The largest absolute Gasteiger partial charge is 0.355 e. The van der Waals surface area contributed by atoms with Crippen LogP contribution in [0.2, 0.25) is 0 Å². The molecule has 0 spiro atoms. The van der Waals surface area contributed by atoms with Crippen molar-refractivity contribution >= 4 is 17.7 Å². The van der Waals surface area contributed by atoms with E-state index in [-0.39, 0.29) is 5.91 Å². The van der Waals surface area contributed by atoms with Gasteiger partial charge in [-0.25, -0.2) is 0 Å². The van der Waals surface area contributed by atoms with Crippen LogP contribution >= 0.6 is 11.8 Å². The Balaban J connectivity index is 2.27. The molecule has 1 aromatic carbocycles. The van der Waals surface area contributed by atoms with Crippen molar-refractivity contribution in [2.75, 3.05) is 12.8 Å². The predicted octanol–water partition coefficient (Wildman–Crippen LogP) is 2.19. The van der Waals surface area contributed by atoms with Crippen LogP contribution in [-0.4, -0.2) is 24.2 Å². The van der Waals surface area contributed by atoms with Gasteiger partial charge in [-0.15, -0.1) is 11.8 Å². The zero-order valence-electron chi connectivity index (χ0n) is 11.3. The topological polar surface area (TPSA) is 55.1 Å². The number of carbonyl (C=O) groups excluding carboxylic acids is 1. The van der Waals surface area contributed by atoms with Crippen LogP contribution in [0.4, 0.5) is 0 Å². The molecule has 0 heterocycles. The van der Waals surface area contributed by atoms with E-state index in [4.69, 9.17) is 5.73 Å². The fourth-order valence-electron chi connectivity index (χ4n) is 1.51. The maximum absolute atomic E-state index is 11.5. The molecule has 3 nitrogen and oxygen atoms in total. The van der Waals surface area contributed by atoms with Crippen LogP contribution in [0, 0.1) is 0 Å². The summed E-state index contributed by atoms with van der Waals surface area (Å²) >= 11 is 1.74. The lowest BCUT2D eigenvalue weighted by molar-refractivity contribution is -0.125. The summed E-state index contributed by atoms with van der Waals surface area (Å²) < 4.78 is 0. The first-order chi connectivity index (χ1) is 8.43. The van der Waals surface area contributed by atoms with E-state index in [2.05, 4.69) is 35.8 Å². The van der Waals surface area contributed by atoms with Crippen molar-refractivity contribution in [2.24, 2.45) is 5.73 Å². The Kier molecular flexibility index (Phi) is 5.69. The van der Waals surface area contributed by atoms with Crippen molar-refractivity contribution in [1.82, 2.24) is 5.32 Å². The fraction of sp³-hybridized carbons (Fsp3) is 0.500. The van der Waals surface area contributed by atoms with Crippen molar-refractivity contribution in [3.63, 3.8) is 0 Å². The molecule has 0 fully saturated rings. The molecule has 0 bridgehead atoms. The first-order valence-electron chi connectivity index (χ1n) is 6.13. The third-order valence-electron chi connectivity index (χ3n) is 2.67. The second kappa shape index (κ2) is 6.81. The molecule has 1 aromatic rings. The van der Waals surface area contributed by atoms with Gasteiger partial charge in [-0.05, 0) is 50.6 Å². The van der Waals surface area contributed by atoms with Crippen molar-refractivity contribution in [3.8, 4) is 0 Å². The van der Waals surface area contributed by atoms with Crippen LogP contribution in [0.25, 0.3) is 0 Å². The average Bonchev–Trinajstić information content (AvgIpc) is 2.34. The van der Waals surface area contributed by atoms with Gasteiger partial charge < -0.3 is 11.1 Å². The number of thioether (sulfide) groups is 1. The fourth-order valence-corrected chi connectivity index (χ4v) is 1.92. The smallest absolute Gasteiger partial charge is 0.239 e. The van der Waals surface area contributed by atoms with Crippen LogP contribution in [0.15, 0.2) is 29.2 Å². The Morgan fingerprint density at radius 2 is 1.94 bits per heavy atom. The number of aryl methyl sites for hydroxylation is 1. The first-order valence-corrected chi connectivity index (χ1v) is 7.36. The first kappa shape index (κ1) is 15.1. The molecule has 3 N–H and O–H groups in total. The van der Waals surface area contributed by atoms with Crippen LogP contribution in [0.3, 0.4) is 0 Å². The van der Waals surface area contributed by atoms with Crippen molar-refractivity contribution < 1.29 is 4.79 Å². The number of amides is 1. The molecule has 1 rings (SSSR count). The summed E-state index contributed by atoms with van der Waals surface area (Å²) in [6.45, 7) is 4.09. The van der Waals surface area contributed by atoms with Gasteiger partial charge in [-0.3, -0.25) is 4.79 Å². The lowest BCUT2D eigenvalue weighted by atomic mass is 10.1. The normalized spacial score (nSPS) is 11.3. The third-order valence-corrected chi connectivity index (χ3v) is 3.42. The summed E-state index contributed by atoms with van der Waals surface area (Å²) in [4.78, 5) is 12.8. The number of rotatable bonds is 6. The second-order valence-corrected chi connectivity index (χ2v) is 5.81. The van der Waals surface area contributed by atoms with Gasteiger partial charge in [0.25, 0.3) is 0 Å². The highest BCUT2D eigenvalue weighted by atomic mass is 32.2. The van der Waals surface area contributed by atoms with E-state index in [0.717, 1.165) is 12.8 Å². The van der Waals surface area contributed by atoms with Crippen LogP contribution in [0.1, 0.15) is 25.8 Å². The number of carbonyl (C=O) groups is 1. The molecule has 4 heteroatoms. The summed E-state index contributed by atoms with van der Waals surface area (Å²) in [6.07, 6.45) is 3.97. The molecule has 0 radical (unpaired) electrons. The Labute approximate surface area is 114 Å². The van der Waals surface area contributed by atoms with Gasteiger partial charge in [0.1, 0.15) is 0 Å². The van der Waals surface area contributed by atoms with E-state index in [1.54, 1.807) is 25.6 Å². The lowest BCUT2D eigenvalue weighted by Gasteiger charge is -2.17. The Morgan fingerprint density at radius 3 is 2.44 bits per heavy atom. The average molecular weight is 266 g/mol. The minimum Gasteiger partial charge on any atom is -0.355 e. The minimum atomic E-state index is -0.792. The number of hydrogen-bond acceptors (Lipinski definition) is 3. The molecule has 18 heavy (non-hydrogen) atoms. The molecule has 0 atom stereocenters. The van der Waals surface area contributed by atoms with E-state index >= 15 is 0 Å². The van der Waals surface area contributed by atoms with Crippen molar-refractivity contribution in [1.29, 1.82) is 0 Å². The summed E-state index contributed by atoms with van der Waals surface area (Å²) in [5.41, 5.74) is 6.20. The summed E-state index contributed by atoms with van der Waals surface area (Å²) in [5, 5.41) is 2.85. The predicted molar refractivity (Wildman–Crippen MR) is 77.8 cm³/mol. The van der Waals surface area contributed by atoms with Gasteiger partial charge >= 0.3 is 0 Å². The number of benzene rings is 1. The summed E-state index contributed by atoms with van der Waals surface area (Å²) in [6, 6.07) is 8.53. The minimum absolute atomic E-state index is 0.0970. The maximum atomic E-state index is 11.5. The molecule has 100 valence electrons. The summed E-state index contributed by atoms with van der Waals surface area (Å²) in [5.74, 6) is -0.0970. The van der Waals surface area contributed by atoms with Gasteiger partial charge in [-0.2, -0.15) is 0 Å². The standard InChI is InChI=1S/C14H22N2OS/c1-14(2,15)13(17)16-10-4-5-11-6-8-12(18-3)9-7-11/h6-9H,4-5,10,15H2,1-3H3,(H,16,17). The highest BCUT2D eigenvalue weighted by Crippen LogP contribution is 2.15. The van der Waals surface area contributed by atoms with E-state index in [9.17, 15) is 4.79 Å². The van der Waals surface area contributed by atoms with Crippen LogP contribution in [-0.2, 0) is 11.2 Å². The zero-order chi connectivity index (χ0) is 13.6. The van der Waals surface area contributed by atoms with Gasteiger partial charge in [0, 0.05) is 11.4 Å². The zero-order valence-corrected chi connectivity index (χ0v) is 12.1. The molecule has 0 aromatic heterocycles. The van der Waals surface area contributed by atoms with Gasteiger partial charge in [0.05, 0.1) is 5.54 Å². The molecular weight excluding hydrogens is 244 g/mol. The number of nitrogens with one attached hydrogen (secondary N) is 1. The van der Waals surface area contributed by atoms with Crippen LogP contribution in [0.5, 0.6) is 0 Å². The van der Waals surface area contributed by atoms with Crippen molar-refractivity contribution in [3.05, 3.63) is 29.8 Å². The summed E-state index contributed by atoms with van der Waals surface area (Å²) in [7, 11) is 0. The lowest BCUT2D eigenvalue weighted by Crippen LogP contribution is -2.49. The molecule has 1 amide bonds. The SMILES string of the molecule is CSc1ccc(CCCNC(=O)C(C)(C)N)cc1. The van der Waals surface area contributed by atoms with E-state index in [0.29, 0.717) is 6.54 Å². The monoisotopic (exact) mass is 266 g/mol. The van der Waals surface area contributed by atoms with Gasteiger partial charge in [0.2, 0.25) is 5.91 Å². The molecule has 0 aliphatic heterocycles. The second-order valence-electron chi connectivity index (χ2n) is 4.93. The van der Waals surface area contributed by atoms with E-state index in [1.807, 2.05) is 0 Å². The molecule has 0 aliphatic carbocycles. The van der Waals surface area contributed by atoms with E-state index in [1.165, 1.54) is 10.5 Å². The Bertz CT molecular complexity index is 382. The number of hydrogen-bond donors (Lipinski definition) is 2. The Morgan fingerprint density at radius 1 is 1.33 bits per heavy atom. The molecule has 0 unspecified atom stereocenters. The molecule has 0 saturated carbocycles. The molecule has 0 saturated heterocycles. The van der Waals surface area contributed by atoms with Crippen molar-refractivity contribution in [2.45, 2.75) is 37.1 Å². The van der Waals surface area contributed by atoms with Crippen LogP contribution < -0.4 is 11.1 Å². The Hall–Kier alpha value is -1.00. The van der Waals surface area contributed by atoms with Gasteiger partial charge in [-0.1, -0.05) is 12.1 Å². The quantitative estimate of drug-likeness (QED) is 0.613. The third kappa shape index (κ3) is 5.10. The van der Waals surface area contributed by atoms with Gasteiger partial charge in [0.15, 0.2) is 0 Å². The molecule has 0 aliphatic rings.